The number of amides is 1. The summed E-state index contributed by atoms with van der Waals surface area (Å²) in [6.45, 7) is 3.85. The number of hydrogen-bond donors (Lipinski definition) is 2. The van der Waals surface area contributed by atoms with Crippen LogP contribution in [0.4, 0.5) is 0 Å². The van der Waals surface area contributed by atoms with E-state index >= 15 is 0 Å². The number of allylic oxidation sites excluding steroid dienone is 4. The van der Waals surface area contributed by atoms with Crippen LogP contribution in [0.2, 0.25) is 0 Å². The van der Waals surface area contributed by atoms with Gasteiger partial charge in [-0.05, 0) is 25.6 Å². The predicted molar refractivity (Wildman–Crippen MR) is 106 cm³/mol. The highest BCUT2D eigenvalue weighted by Crippen LogP contribution is 2.23. The SMILES string of the molecule is CCC=NC1C=CC=CC(Cl)=C1C(=O)N(C)C(C)C=N/C(N)=C\NC. The second kappa shape index (κ2) is 10.5. The molecule has 0 bridgehead atoms. The molecule has 25 heavy (non-hydrogen) atoms. The standard InChI is InChI=1S/C18H26ClN5O/c1-5-10-22-15-9-7-6-8-14(19)17(15)18(25)24(4)13(2)11-23-16(20)12-21-3/h6-13,15,21H,5,20H2,1-4H3/b16-12-,22-10?,23-11?. The Morgan fingerprint density at radius 1 is 1.52 bits per heavy atom. The van der Waals surface area contributed by atoms with Crippen LogP contribution in [0.25, 0.3) is 0 Å². The molecule has 3 N–H and O–H groups in total. The fraction of sp³-hybridized carbons (Fsp3) is 0.389. The molecule has 1 amide bonds. The predicted octanol–water partition coefficient (Wildman–Crippen LogP) is 2.35. The van der Waals surface area contributed by atoms with Gasteiger partial charge in [0.1, 0.15) is 5.82 Å². The van der Waals surface area contributed by atoms with Crippen molar-refractivity contribution in [3.05, 3.63) is 46.9 Å². The van der Waals surface area contributed by atoms with Crippen LogP contribution < -0.4 is 11.1 Å². The monoisotopic (exact) mass is 363 g/mol. The summed E-state index contributed by atoms with van der Waals surface area (Å²) in [5.41, 5.74) is 6.14. The minimum atomic E-state index is -0.407. The maximum absolute atomic E-state index is 13.0. The molecule has 0 spiro atoms. The smallest absolute Gasteiger partial charge is 0.254 e. The third-order valence-electron chi connectivity index (χ3n) is 3.54. The minimum Gasteiger partial charge on any atom is -0.391 e. The molecule has 1 aliphatic carbocycles. The Kier molecular flexibility index (Phi) is 8.70. The number of nitrogens with two attached hydrogens (primary N) is 1. The van der Waals surface area contributed by atoms with Crippen LogP contribution in [0.15, 0.2) is 56.9 Å². The summed E-state index contributed by atoms with van der Waals surface area (Å²) in [5.74, 6) is 0.132. The van der Waals surface area contributed by atoms with Crippen LogP contribution >= 0.6 is 11.6 Å². The molecule has 136 valence electrons. The molecule has 2 unspecified atom stereocenters. The zero-order chi connectivity index (χ0) is 18.8. The van der Waals surface area contributed by atoms with Crippen LogP contribution in [0.5, 0.6) is 0 Å². The van der Waals surface area contributed by atoms with Crippen LogP contribution in [-0.4, -0.2) is 49.4 Å². The first kappa shape index (κ1) is 20.7. The number of carbonyl (C=O) groups is 1. The Balaban J connectivity index is 3.04. The first-order valence-corrected chi connectivity index (χ1v) is 8.50. The van der Waals surface area contributed by atoms with E-state index < -0.39 is 6.04 Å². The van der Waals surface area contributed by atoms with Gasteiger partial charge >= 0.3 is 0 Å². The van der Waals surface area contributed by atoms with Crippen molar-refractivity contribution in [1.29, 1.82) is 0 Å². The first-order valence-electron chi connectivity index (χ1n) is 8.12. The molecule has 0 saturated carbocycles. The molecule has 2 atom stereocenters. The quantitative estimate of drug-likeness (QED) is 0.681. The highest BCUT2D eigenvalue weighted by molar-refractivity contribution is 6.33. The molecule has 0 saturated heterocycles. The molecule has 7 heteroatoms. The summed E-state index contributed by atoms with van der Waals surface area (Å²) in [5, 5.41) is 3.18. The molecule has 1 aliphatic rings. The van der Waals surface area contributed by atoms with E-state index in [0.717, 1.165) is 6.42 Å². The van der Waals surface area contributed by atoms with Crippen molar-refractivity contribution in [1.82, 2.24) is 10.2 Å². The number of likely N-dealkylation sites (N-methyl/N-ethyl adjacent to an activating group) is 1. The second-order valence-electron chi connectivity index (χ2n) is 5.48. The highest BCUT2D eigenvalue weighted by atomic mass is 35.5. The van der Waals surface area contributed by atoms with Gasteiger partial charge in [-0.15, -0.1) is 0 Å². The number of hydrogen-bond acceptors (Lipinski definition) is 5. The van der Waals surface area contributed by atoms with Crippen LogP contribution in [0, 0.1) is 0 Å². The molecule has 0 radical (unpaired) electrons. The zero-order valence-corrected chi connectivity index (χ0v) is 15.9. The number of nitrogens with zero attached hydrogens (tertiary/aromatic N) is 3. The van der Waals surface area contributed by atoms with Crippen molar-refractivity contribution in [2.75, 3.05) is 14.1 Å². The molecular formula is C18H26ClN5O. The lowest BCUT2D eigenvalue weighted by Gasteiger charge is -2.25. The van der Waals surface area contributed by atoms with Crippen molar-refractivity contribution in [2.45, 2.75) is 32.4 Å². The second-order valence-corrected chi connectivity index (χ2v) is 5.89. The summed E-state index contributed by atoms with van der Waals surface area (Å²) < 4.78 is 0. The average molecular weight is 364 g/mol. The van der Waals surface area contributed by atoms with Gasteiger partial charge in [0, 0.05) is 26.5 Å². The first-order chi connectivity index (χ1) is 11.9. The fourth-order valence-electron chi connectivity index (χ4n) is 2.06. The number of nitrogens with one attached hydrogen (secondary N) is 1. The zero-order valence-electron chi connectivity index (χ0n) is 15.1. The van der Waals surface area contributed by atoms with Gasteiger partial charge in [0.15, 0.2) is 0 Å². The van der Waals surface area contributed by atoms with Crippen molar-refractivity contribution in [2.24, 2.45) is 15.7 Å². The number of rotatable bonds is 7. The lowest BCUT2D eigenvalue weighted by molar-refractivity contribution is -0.126. The molecule has 0 aliphatic heterocycles. The van der Waals surface area contributed by atoms with Crippen molar-refractivity contribution < 1.29 is 4.79 Å². The Hall–Kier alpha value is -2.34. The lowest BCUT2D eigenvalue weighted by Crippen LogP contribution is -2.39. The summed E-state index contributed by atoms with van der Waals surface area (Å²) in [4.78, 5) is 23.1. The van der Waals surface area contributed by atoms with Crippen molar-refractivity contribution in [3.63, 3.8) is 0 Å². The lowest BCUT2D eigenvalue weighted by atomic mass is 10.1. The van der Waals surface area contributed by atoms with Crippen molar-refractivity contribution >= 4 is 29.9 Å². The molecule has 0 aromatic heterocycles. The van der Waals surface area contributed by atoms with E-state index in [2.05, 4.69) is 15.3 Å². The number of carbonyl (C=O) groups excluding carboxylic acids is 1. The van der Waals surface area contributed by atoms with Gasteiger partial charge < -0.3 is 16.0 Å². The van der Waals surface area contributed by atoms with Gasteiger partial charge in [-0.3, -0.25) is 9.79 Å². The van der Waals surface area contributed by atoms with Gasteiger partial charge in [0.25, 0.3) is 5.91 Å². The summed E-state index contributed by atoms with van der Waals surface area (Å²) in [6, 6.07) is -0.670. The third kappa shape index (κ3) is 6.23. The maximum Gasteiger partial charge on any atom is 0.254 e. The van der Waals surface area contributed by atoms with Crippen LogP contribution in [-0.2, 0) is 4.79 Å². The third-order valence-corrected chi connectivity index (χ3v) is 3.87. The largest absolute Gasteiger partial charge is 0.391 e. The molecule has 0 aromatic carbocycles. The van der Waals surface area contributed by atoms with Crippen LogP contribution in [0.1, 0.15) is 20.3 Å². The van der Waals surface area contributed by atoms with Gasteiger partial charge in [-0.25, -0.2) is 4.99 Å². The van der Waals surface area contributed by atoms with E-state index in [1.165, 1.54) is 0 Å². The normalized spacial score (nSPS) is 19.6. The number of aliphatic imine (C=N–C) groups is 2. The van der Waals surface area contributed by atoms with Crippen molar-refractivity contribution in [3.8, 4) is 0 Å². The molecule has 6 nitrogen and oxygen atoms in total. The van der Waals surface area contributed by atoms with E-state index in [0.29, 0.717) is 16.4 Å². The van der Waals surface area contributed by atoms with E-state index in [1.54, 1.807) is 49.8 Å². The van der Waals surface area contributed by atoms with E-state index in [4.69, 9.17) is 17.3 Å². The van der Waals surface area contributed by atoms with E-state index in [9.17, 15) is 4.79 Å². The molecule has 0 heterocycles. The number of halogens is 1. The topological polar surface area (TPSA) is 83.1 Å². The van der Waals surface area contributed by atoms with Crippen LogP contribution in [0.3, 0.4) is 0 Å². The van der Waals surface area contributed by atoms with E-state index in [1.807, 2.05) is 26.0 Å². The molecule has 0 fully saturated rings. The Morgan fingerprint density at radius 2 is 2.24 bits per heavy atom. The summed E-state index contributed by atoms with van der Waals surface area (Å²) in [7, 11) is 3.44. The maximum atomic E-state index is 13.0. The fourth-order valence-corrected chi connectivity index (χ4v) is 2.33. The minimum absolute atomic E-state index is 0.199. The van der Waals surface area contributed by atoms with Gasteiger partial charge in [-0.2, -0.15) is 0 Å². The molecular weight excluding hydrogens is 338 g/mol. The highest BCUT2D eigenvalue weighted by Gasteiger charge is 2.26. The summed E-state index contributed by atoms with van der Waals surface area (Å²) in [6.07, 6.45) is 12.9. The van der Waals surface area contributed by atoms with Gasteiger partial charge in [0.05, 0.1) is 22.7 Å². The molecule has 0 aromatic rings. The van der Waals surface area contributed by atoms with Gasteiger partial charge in [-0.1, -0.05) is 36.8 Å². The Bertz CT molecular complexity index is 646. The Morgan fingerprint density at radius 3 is 2.88 bits per heavy atom. The van der Waals surface area contributed by atoms with E-state index in [-0.39, 0.29) is 11.9 Å². The summed E-state index contributed by atoms with van der Waals surface area (Å²) >= 11 is 6.33. The Labute approximate surface area is 154 Å². The molecule has 1 rings (SSSR count). The van der Waals surface area contributed by atoms with Gasteiger partial charge in [0.2, 0.25) is 0 Å². The average Bonchev–Trinajstić information content (AvgIpc) is 2.78.